The van der Waals surface area contributed by atoms with Crippen LogP contribution in [0.4, 0.5) is 0 Å². The number of rotatable bonds is 10. The smallest absolute Gasteiger partial charge is 0.193 e. The first-order valence-electron chi connectivity index (χ1n) is 8.35. The number of methoxy groups -OCH3 is 2. The number of benzene rings is 1. The number of nitrogens with zero attached hydrogens (tertiary/aromatic N) is 2. The Bertz CT molecular complexity index is 515. The van der Waals surface area contributed by atoms with Gasteiger partial charge < -0.3 is 19.7 Å². The van der Waals surface area contributed by atoms with Crippen LogP contribution in [-0.4, -0.2) is 63.8 Å². The molecular weight excluding hydrogens is 449 g/mol. The highest BCUT2D eigenvalue weighted by Crippen LogP contribution is 2.27. The van der Waals surface area contributed by atoms with E-state index in [1.165, 1.54) is 5.56 Å². The molecule has 1 rings (SSSR count). The summed E-state index contributed by atoms with van der Waals surface area (Å²) in [5.74, 6) is 3.66. The molecule has 1 aromatic rings. The van der Waals surface area contributed by atoms with Gasteiger partial charge in [-0.2, -0.15) is 11.8 Å². The van der Waals surface area contributed by atoms with Gasteiger partial charge in [-0.05, 0) is 49.5 Å². The molecule has 0 saturated carbocycles. The van der Waals surface area contributed by atoms with Crippen molar-refractivity contribution in [1.82, 2.24) is 10.2 Å². The molecular formula is C18H32IN3O2S. The molecule has 0 unspecified atom stereocenters. The zero-order chi connectivity index (χ0) is 17.8. The molecule has 0 aliphatic rings. The van der Waals surface area contributed by atoms with Crippen LogP contribution < -0.4 is 14.8 Å². The highest BCUT2D eigenvalue weighted by atomic mass is 127. The van der Waals surface area contributed by atoms with E-state index in [1.54, 1.807) is 14.2 Å². The molecule has 7 heteroatoms. The van der Waals surface area contributed by atoms with Crippen molar-refractivity contribution in [2.45, 2.75) is 19.8 Å². The van der Waals surface area contributed by atoms with Crippen molar-refractivity contribution in [3.05, 3.63) is 23.8 Å². The number of ether oxygens (including phenoxy) is 2. The minimum atomic E-state index is 0. The van der Waals surface area contributed by atoms with Crippen molar-refractivity contribution in [2.75, 3.05) is 52.9 Å². The van der Waals surface area contributed by atoms with Gasteiger partial charge in [0.2, 0.25) is 0 Å². The predicted molar refractivity (Wildman–Crippen MR) is 120 cm³/mol. The summed E-state index contributed by atoms with van der Waals surface area (Å²) >= 11 is 1.86. The van der Waals surface area contributed by atoms with Crippen LogP contribution in [0.1, 0.15) is 18.9 Å². The lowest BCUT2D eigenvalue weighted by Crippen LogP contribution is -2.40. The summed E-state index contributed by atoms with van der Waals surface area (Å²) in [5, 5.41) is 3.36. The third-order valence-corrected chi connectivity index (χ3v) is 4.35. The highest BCUT2D eigenvalue weighted by molar-refractivity contribution is 14.0. The Kier molecular flexibility index (Phi) is 13.9. The Balaban J connectivity index is 0.00000576. The molecule has 0 spiro atoms. The molecule has 25 heavy (non-hydrogen) atoms. The van der Waals surface area contributed by atoms with Gasteiger partial charge in [-0.25, -0.2) is 0 Å². The molecule has 0 aliphatic carbocycles. The monoisotopic (exact) mass is 481 g/mol. The van der Waals surface area contributed by atoms with Crippen molar-refractivity contribution in [3.8, 4) is 11.5 Å². The van der Waals surface area contributed by atoms with E-state index in [-0.39, 0.29) is 24.0 Å². The summed E-state index contributed by atoms with van der Waals surface area (Å²) in [5.41, 5.74) is 1.22. The third kappa shape index (κ3) is 8.89. The largest absolute Gasteiger partial charge is 0.493 e. The molecule has 5 nitrogen and oxygen atoms in total. The zero-order valence-electron chi connectivity index (χ0n) is 16.0. The van der Waals surface area contributed by atoms with E-state index >= 15 is 0 Å². The van der Waals surface area contributed by atoms with Crippen LogP contribution >= 0.6 is 35.7 Å². The minimum Gasteiger partial charge on any atom is -0.493 e. The van der Waals surface area contributed by atoms with Gasteiger partial charge in [0, 0.05) is 26.7 Å². The SMILES string of the molecule is CCNC(=NCCCSC)N(C)CCc1ccc(OC)c(OC)c1.I. The van der Waals surface area contributed by atoms with E-state index in [2.05, 4.69) is 36.5 Å². The van der Waals surface area contributed by atoms with Crippen molar-refractivity contribution in [2.24, 2.45) is 4.99 Å². The molecule has 0 amide bonds. The minimum absolute atomic E-state index is 0. The maximum Gasteiger partial charge on any atom is 0.193 e. The number of hydrogen-bond donors (Lipinski definition) is 1. The first-order valence-corrected chi connectivity index (χ1v) is 9.74. The van der Waals surface area contributed by atoms with E-state index < -0.39 is 0 Å². The molecule has 0 aromatic heterocycles. The molecule has 1 aromatic carbocycles. The Morgan fingerprint density at radius 3 is 2.56 bits per heavy atom. The summed E-state index contributed by atoms with van der Waals surface area (Å²) in [4.78, 5) is 6.88. The van der Waals surface area contributed by atoms with Crippen LogP contribution in [-0.2, 0) is 6.42 Å². The zero-order valence-corrected chi connectivity index (χ0v) is 19.1. The summed E-state index contributed by atoms with van der Waals surface area (Å²) in [7, 11) is 5.40. The third-order valence-electron chi connectivity index (χ3n) is 3.65. The predicted octanol–water partition coefficient (Wildman–Crippen LogP) is 3.51. The number of guanidine groups is 1. The maximum atomic E-state index is 5.37. The van der Waals surface area contributed by atoms with Gasteiger partial charge in [0.05, 0.1) is 14.2 Å². The van der Waals surface area contributed by atoms with Crippen molar-refractivity contribution in [1.29, 1.82) is 0 Å². The second-order valence-corrected chi connectivity index (χ2v) is 6.43. The summed E-state index contributed by atoms with van der Waals surface area (Å²) in [6, 6.07) is 6.07. The fourth-order valence-electron chi connectivity index (χ4n) is 2.30. The topological polar surface area (TPSA) is 46.1 Å². The lowest BCUT2D eigenvalue weighted by atomic mass is 10.1. The van der Waals surface area contributed by atoms with Crippen molar-refractivity contribution >= 4 is 41.7 Å². The van der Waals surface area contributed by atoms with Crippen LogP contribution in [0, 0.1) is 0 Å². The normalized spacial score (nSPS) is 10.8. The lowest BCUT2D eigenvalue weighted by molar-refractivity contribution is 0.354. The van der Waals surface area contributed by atoms with Crippen molar-refractivity contribution < 1.29 is 9.47 Å². The Morgan fingerprint density at radius 2 is 1.96 bits per heavy atom. The molecule has 0 heterocycles. The fourth-order valence-corrected chi connectivity index (χ4v) is 2.72. The lowest BCUT2D eigenvalue weighted by Gasteiger charge is -2.22. The average molecular weight is 481 g/mol. The summed E-state index contributed by atoms with van der Waals surface area (Å²) in [6.07, 6.45) is 4.16. The second kappa shape index (κ2) is 14.4. The van der Waals surface area contributed by atoms with Crippen LogP contribution in [0.2, 0.25) is 0 Å². The highest BCUT2D eigenvalue weighted by Gasteiger charge is 2.08. The van der Waals surface area contributed by atoms with E-state index in [0.717, 1.165) is 55.7 Å². The summed E-state index contributed by atoms with van der Waals surface area (Å²) < 4.78 is 10.7. The van der Waals surface area contributed by atoms with Crippen LogP contribution in [0.25, 0.3) is 0 Å². The number of likely N-dealkylation sites (N-methyl/N-ethyl adjacent to an activating group) is 1. The molecule has 0 radical (unpaired) electrons. The number of nitrogens with one attached hydrogen (secondary N) is 1. The molecule has 144 valence electrons. The van der Waals surface area contributed by atoms with Crippen LogP contribution in [0.15, 0.2) is 23.2 Å². The number of halogens is 1. The van der Waals surface area contributed by atoms with Crippen molar-refractivity contribution in [3.63, 3.8) is 0 Å². The van der Waals surface area contributed by atoms with Gasteiger partial charge in [0.1, 0.15) is 0 Å². The molecule has 0 fully saturated rings. The van der Waals surface area contributed by atoms with Gasteiger partial charge in [-0.3, -0.25) is 4.99 Å². The van der Waals surface area contributed by atoms with Gasteiger partial charge >= 0.3 is 0 Å². The first-order chi connectivity index (χ1) is 11.7. The quantitative estimate of drug-likeness (QED) is 0.240. The Labute approximate surface area is 174 Å². The molecule has 0 bridgehead atoms. The van der Waals surface area contributed by atoms with E-state index in [9.17, 15) is 0 Å². The second-order valence-electron chi connectivity index (χ2n) is 5.44. The first kappa shape index (κ1) is 24.2. The standard InChI is InChI=1S/C18H31N3O2S.HI/c1-6-19-18(20-11-7-13-24-5)21(2)12-10-15-8-9-16(22-3)17(14-15)23-4;/h8-9,14H,6-7,10-13H2,1-5H3,(H,19,20);1H. The van der Waals surface area contributed by atoms with E-state index in [4.69, 9.17) is 14.5 Å². The van der Waals surface area contributed by atoms with E-state index in [0.29, 0.717) is 0 Å². The Hall–Kier alpha value is -0.830. The molecule has 1 N–H and O–H groups in total. The van der Waals surface area contributed by atoms with Gasteiger partial charge in [0.25, 0.3) is 0 Å². The number of hydrogen-bond acceptors (Lipinski definition) is 4. The molecule has 0 aliphatic heterocycles. The molecule has 0 atom stereocenters. The number of thioether (sulfide) groups is 1. The van der Waals surface area contributed by atoms with E-state index in [1.807, 2.05) is 23.9 Å². The van der Waals surface area contributed by atoms with Gasteiger partial charge in [-0.15, -0.1) is 24.0 Å². The average Bonchev–Trinajstić information content (AvgIpc) is 2.61. The fraction of sp³-hybridized carbons (Fsp3) is 0.611. The maximum absolute atomic E-state index is 5.37. The number of aliphatic imine (C=N–C) groups is 1. The molecule has 0 saturated heterocycles. The van der Waals surface area contributed by atoms with Gasteiger partial charge in [0.15, 0.2) is 17.5 Å². The van der Waals surface area contributed by atoms with Crippen LogP contribution in [0.3, 0.4) is 0 Å². The Morgan fingerprint density at radius 1 is 1.24 bits per heavy atom. The van der Waals surface area contributed by atoms with Gasteiger partial charge in [-0.1, -0.05) is 6.07 Å². The van der Waals surface area contributed by atoms with Crippen LogP contribution in [0.5, 0.6) is 11.5 Å². The summed E-state index contributed by atoms with van der Waals surface area (Å²) in [6.45, 7) is 4.73.